The molecule has 1 atom stereocenters. The topological polar surface area (TPSA) is 23.5 Å². The van der Waals surface area contributed by atoms with Gasteiger partial charge in [-0.25, -0.2) is 4.39 Å². The lowest BCUT2D eigenvalue weighted by atomic mass is 10.1. The van der Waals surface area contributed by atoms with Gasteiger partial charge >= 0.3 is 0 Å². The highest BCUT2D eigenvalue weighted by Gasteiger charge is 2.44. The van der Waals surface area contributed by atoms with Crippen molar-refractivity contribution < 1.29 is 9.50 Å². The molecule has 0 spiro atoms. The van der Waals surface area contributed by atoms with Gasteiger partial charge in [0.15, 0.2) is 0 Å². The number of likely N-dealkylation sites (tertiary alicyclic amines) is 1. The van der Waals surface area contributed by atoms with Crippen LogP contribution in [0.25, 0.3) is 0 Å². The SMILES string of the molecule is Cl.OCC1(CN2CCC(F)C2)CC1. The Hall–Kier alpha value is 0.140. The van der Waals surface area contributed by atoms with Gasteiger partial charge in [0, 0.05) is 31.7 Å². The number of alkyl halides is 1. The number of rotatable bonds is 3. The van der Waals surface area contributed by atoms with Crippen LogP contribution in [0.3, 0.4) is 0 Å². The van der Waals surface area contributed by atoms with Crippen molar-refractivity contribution in [2.75, 3.05) is 26.2 Å². The molecule has 0 aromatic heterocycles. The third-order valence-corrected chi connectivity index (χ3v) is 3.07. The smallest absolute Gasteiger partial charge is 0.114 e. The first-order valence-corrected chi connectivity index (χ1v) is 4.71. The Balaban J connectivity index is 0.000000845. The van der Waals surface area contributed by atoms with Crippen molar-refractivity contribution in [2.24, 2.45) is 5.41 Å². The number of hydrogen-bond acceptors (Lipinski definition) is 2. The van der Waals surface area contributed by atoms with E-state index in [-0.39, 0.29) is 24.4 Å². The summed E-state index contributed by atoms with van der Waals surface area (Å²) in [5.74, 6) is 0. The first-order chi connectivity index (χ1) is 5.74. The van der Waals surface area contributed by atoms with Gasteiger partial charge in [0.2, 0.25) is 0 Å². The Bertz CT molecular complexity index is 175. The second-order valence-corrected chi connectivity index (χ2v) is 4.28. The summed E-state index contributed by atoms with van der Waals surface area (Å²) in [5.41, 5.74) is 0.157. The molecular weight excluding hydrogens is 193 g/mol. The molecule has 1 saturated heterocycles. The zero-order chi connectivity index (χ0) is 8.60. The quantitative estimate of drug-likeness (QED) is 0.756. The van der Waals surface area contributed by atoms with Crippen molar-refractivity contribution in [1.82, 2.24) is 4.90 Å². The minimum Gasteiger partial charge on any atom is -0.396 e. The van der Waals surface area contributed by atoms with Crippen molar-refractivity contribution in [3.63, 3.8) is 0 Å². The van der Waals surface area contributed by atoms with Gasteiger partial charge in [0.25, 0.3) is 0 Å². The van der Waals surface area contributed by atoms with E-state index in [1.165, 1.54) is 0 Å². The van der Waals surface area contributed by atoms with Crippen molar-refractivity contribution in [2.45, 2.75) is 25.4 Å². The largest absolute Gasteiger partial charge is 0.396 e. The fourth-order valence-electron chi connectivity index (χ4n) is 1.95. The summed E-state index contributed by atoms with van der Waals surface area (Å²) in [7, 11) is 0. The third kappa shape index (κ3) is 2.55. The van der Waals surface area contributed by atoms with Gasteiger partial charge in [-0.15, -0.1) is 12.4 Å². The standard InChI is InChI=1S/C9H16FNO.ClH/c10-8-1-4-11(5-8)6-9(7-12)2-3-9;/h8,12H,1-7H2;1H. The maximum absolute atomic E-state index is 12.8. The van der Waals surface area contributed by atoms with Crippen LogP contribution < -0.4 is 0 Å². The van der Waals surface area contributed by atoms with E-state index in [0.29, 0.717) is 13.0 Å². The number of hydrogen-bond donors (Lipinski definition) is 1. The fourth-order valence-corrected chi connectivity index (χ4v) is 1.95. The number of aliphatic hydroxyl groups is 1. The Morgan fingerprint density at radius 3 is 2.54 bits per heavy atom. The molecule has 1 saturated carbocycles. The zero-order valence-electron chi connectivity index (χ0n) is 7.71. The van der Waals surface area contributed by atoms with Crippen LogP contribution in [-0.4, -0.2) is 42.4 Å². The normalized spacial score (nSPS) is 31.4. The Kier molecular flexibility index (Phi) is 3.55. The number of halogens is 2. The Morgan fingerprint density at radius 2 is 2.15 bits per heavy atom. The van der Waals surface area contributed by atoms with E-state index in [1.807, 2.05) is 0 Å². The van der Waals surface area contributed by atoms with E-state index in [1.54, 1.807) is 0 Å². The van der Waals surface area contributed by atoms with E-state index in [4.69, 9.17) is 5.11 Å². The zero-order valence-corrected chi connectivity index (χ0v) is 8.52. The van der Waals surface area contributed by atoms with Crippen LogP contribution in [0.5, 0.6) is 0 Å². The molecule has 0 aromatic rings. The first-order valence-electron chi connectivity index (χ1n) is 4.71. The van der Waals surface area contributed by atoms with Crippen LogP contribution in [-0.2, 0) is 0 Å². The summed E-state index contributed by atoms with van der Waals surface area (Å²) in [6.07, 6.45) is 2.30. The fraction of sp³-hybridized carbons (Fsp3) is 1.00. The van der Waals surface area contributed by atoms with Crippen LogP contribution in [0, 0.1) is 5.41 Å². The molecule has 1 heterocycles. The maximum atomic E-state index is 12.8. The number of aliphatic hydroxyl groups excluding tert-OH is 1. The summed E-state index contributed by atoms with van der Waals surface area (Å²) in [5, 5.41) is 9.06. The molecule has 1 aliphatic heterocycles. The molecule has 0 radical (unpaired) electrons. The molecule has 2 aliphatic rings. The third-order valence-electron chi connectivity index (χ3n) is 3.07. The van der Waals surface area contributed by atoms with Gasteiger partial charge in [0.05, 0.1) is 0 Å². The molecule has 4 heteroatoms. The molecule has 2 fully saturated rings. The molecule has 0 amide bonds. The Morgan fingerprint density at radius 1 is 1.46 bits per heavy atom. The second-order valence-electron chi connectivity index (χ2n) is 4.28. The van der Waals surface area contributed by atoms with Crippen molar-refractivity contribution in [1.29, 1.82) is 0 Å². The lowest BCUT2D eigenvalue weighted by Crippen LogP contribution is -2.30. The van der Waals surface area contributed by atoms with Crippen LogP contribution in [0.2, 0.25) is 0 Å². The van der Waals surface area contributed by atoms with E-state index in [0.717, 1.165) is 25.9 Å². The van der Waals surface area contributed by atoms with Gasteiger partial charge < -0.3 is 5.11 Å². The minimum atomic E-state index is -0.625. The van der Waals surface area contributed by atoms with Crippen LogP contribution in [0.1, 0.15) is 19.3 Å². The van der Waals surface area contributed by atoms with E-state index in [2.05, 4.69) is 4.90 Å². The molecule has 1 aliphatic carbocycles. The predicted molar refractivity (Wildman–Crippen MR) is 52.0 cm³/mol. The molecular formula is C9H17ClFNO. The molecule has 1 unspecified atom stereocenters. The van der Waals surface area contributed by atoms with Gasteiger partial charge in [-0.2, -0.15) is 0 Å². The van der Waals surface area contributed by atoms with Crippen LogP contribution >= 0.6 is 12.4 Å². The summed E-state index contributed by atoms with van der Waals surface area (Å²) < 4.78 is 12.8. The van der Waals surface area contributed by atoms with Crippen molar-refractivity contribution in [3.05, 3.63) is 0 Å². The molecule has 13 heavy (non-hydrogen) atoms. The average molecular weight is 210 g/mol. The highest BCUT2D eigenvalue weighted by atomic mass is 35.5. The first kappa shape index (κ1) is 11.2. The molecule has 78 valence electrons. The molecule has 2 nitrogen and oxygen atoms in total. The van der Waals surface area contributed by atoms with E-state index < -0.39 is 6.17 Å². The van der Waals surface area contributed by atoms with Gasteiger partial charge in [-0.3, -0.25) is 4.90 Å². The van der Waals surface area contributed by atoms with Gasteiger partial charge in [-0.05, 0) is 19.3 Å². The van der Waals surface area contributed by atoms with Gasteiger partial charge in [0.1, 0.15) is 6.17 Å². The summed E-state index contributed by atoms with van der Waals surface area (Å²) in [6, 6.07) is 0. The molecule has 0 bridgehead atoms. The van der Waals surface area contributed by atoms with Crippen LogP contribution in [0.4, 0.5) is 4.39 Å². The van der Waals surface area contributed by atoms with E-state index >= 15 is 0 Å². The molecule has 0 aromatic carbocycles. The summed E-state index contributed by atoms with van der Waals surface area (Å²) in [6.45, 7) is 2.65. The molecule has 2 rings (SSSR count). The monoisotopic (exact) mass is 209 g/mol. The van der Waals surface area contributed by atoms with Crippen molar-refractivity contribution in [3.8, 4) is 0 Å². The molecule has 1 N–H and O–H groups in total. The summed E-state index contributed by atoms with van der Waals surface area (Å²) in [4.78, 5) is 2.15. The van der Waals surface area contributed by atoms with Gasteiger partial charge in [-0.1, -0.05) is 0 Å². The highest BCUT2D eigenvalue weighted by Crippen LogP contribution is 2.46. The van der Waals surface area contributed by atoms with Crippen LogP contribution in [0.15, 0.2) is 0 Å². The minimum absolute atomic E-state index is 0. The Labute approximate surface area is 84.5 Å². The lowest BCUT2D eigenvalue weighted by molar-refractivity contribution is 0.158. The summed E-state index contributed by atoms with van der Waals surface area (Å²) >= 11 is 0. The average Bonchev–Trinajstić information content (AvgIpc) is 2.71. The maximum Gasteiger partial charge on any atom is 0.114 e. The number of nitrogens with zero attached hydrogens (tertiary/aromatic N) is 1. The highest BCUT2D eigenvalue weighted by molar-refractivity contribution is 5.85. The van der Waals surface area contributed by atoms with E-state index in [9.17, 15) is 4.39 Å². The van der Waals surface area contributed by atoms with Crippen molar-refractivity contribution >= 4 is 12.4 Å². The predicted octanol–water partition coefficient (Wildman–Crippen LogP) is 1.22. The lowest BCUT2D eigenvalue weighted by Gasteiger charge is -2.20. The second kappa shape index (κ2) is 4.11.